The summed E-state index contributed by atoms with van der Waals surface area (Å²) in [5.41, 5.74) is 8.35. The molecule has 2 saturated carbocycles. The Balaban J connectivity index is 1.16. The monoisotopic (exact) mass is 642 g/mol. The van der Waals surface area contributed by atoms with Gasteiger partial charge < -0.3 is 20.7 Å². The summed E-state index contributed by atoms with van der Waals surface area (Å²) in [6.07, 6.45) is 26.6. The number of hydrogen-bond donors (Lipinski definition) is 3. The molecule has 254 valence electrons. The number of carbonyl (C=O) groups is 3. The number of rotatable bonds is 9. The van der Waals surface area contributed by atoms with Gasteiger partial charge in [-0.3, -0.25) is 14.5 Å². The molecule has 0 aromatic rings. The predicted molar refractivity (Wildman–Crippen MR) is 185 cm³/mol. The minimum absolute atomic E-state index is 0.00107. The van der Waals surface area contributed by atoms with Crippen LogP contribution in [-0.4, -0.2) is 55.1 Å². The van der Waals surface area contributed by atoms with E-state index in [2.05, 4.69) is 71.2 Å². The van der Waals surface area contributed by atoms with Gasteiger partial charge in [0.05, 0.1) is 13.2 Å². The highest BCUT2D eigenvalue weighted by Crippen LogP contribution is 2.63. The molecule has 1 heterocycles. The van der Waals surface area contributed by atoms with Crippen LogP contribution in [0.5, 0.6) is 0 Å². The van der Waals surface area contributed by atoms with Gasteiger partial charge in [-0.15, -0.1) is 0 Å². The number of methoxy groups -OCH3 is 1. The van der Waals surface area contributed by atoms with Gasteiger partial charge in [-0.2, -0.15) is 0 Å². The van der Waals surface area contributed by atoms with E-state index in [4.69, 9.17) is 4.74 Å². The number of amides is 3. The van der Waals surface area contributed by atoms with Gasteiger partial charge in [-0.25, -0.2) is 4.79 Å². The molecule has 47 heavy (non-hydrogen) atoms. The van der Waals surface area contributed by atoms with Crippen LogP contribution in [0.4, 0.5) is 4.79 Å². The number of nitrogens with zero attached hydrogens (tertiary/aromatic N) is 1. The average molecular weight is 643 g/mol. The zero-order valence-electron chi connectivity index (χ0n) is 28.8. The molecule has 1 saturated heterocycles. The maximum atomic E-state index is 13.5. The lowest BCUT2D eigenvalue weighted by Gasteiger charge is -2.40. The van der Waals surface area contributed by atoms with Crippen molar-refractivity contribution in [3.05, 3.63) is 70.1 Å². The first kappa shape index (κ1) is 33.5. The van der Waals surface area contributed by atoms with Crippen LogP contribution < -0.4 is 16.0 Å². The Morgan fingerprint density at radius 2 is 1.51 bits per heavy atom. The number of likely N-dealkylation sites (tertiary alicyclic amines) is 1. The van der Waals surface area contributed by atoms with Crippen molar-refractivity contribution in [2.75, 3.05) is 20.2 Å². The average Bonchev–Trinajstić information content (AvgIpc) is 3.82. The quantitative estimate of drug-likeness (QED) is 0.259. The van der Waals surface area contributed by atoms with Crippen molar-refractivity contribution in [1.29, 1.82) is 0 Å². The molecule has 0 aromatic carbocycles. The lowest BCUT2D eigenvalue weighted by Crippen LogP contribution is -2.51. The van der Waals surface area contributed by atoms with Crippen molar-refractivity contribution in [3.63, 3.8) is 0 Å². The van der Waals surface area contributed by atoms with E-state index in [1.54, 1.807) is 12.5 Å². The third-order valence-electron chi connectivity index (χ3n) is 11.8. The second-order valence-corrected chi connectivity index (χ2v) is 15.0. The molecular formula is C39H54N4O4. The number of alkyl carbamates (subject to hydrolysis) is 1. The predicted octanol–water partition coefficient (Wildman–Crippen LogP) is 6.74. The minimum Gasteiger partial charge on any atom is -0.453 e. The Labute approximate surface area is 280 Å². The number of hydrogen-bond acceptors (Lipinski definition) is 5. The van der Waals surface area contributed by atoms with E-state index in [9.17, 15) is 14.4 Å². The van der Waals surface area contributed by atoms with E-state index in [0.717, 1.165) is 56.5 Å². The first-order valence-electron chi connectivity index (χ1n) is 18.1. The molecule has 8 heteroatoms. The second kappa shape index (κ2) is 14.4. The molecule has 5 aliphatic carbocycles. The van der Waals surface area contributed by atoms with Gasteiger partial charge in [-0.05, 0) is 128 Å². The SMILES string of the molecule is COC(=O)NC(CN1CCCC1C(=O)NC1=CC=C(C2=CC=C(C3=CC=C(NC(C)=O)CC3)C3C2CCC32CCCC2)CC1)C(C)C. The Morgan fingerprint density at radius 1 is 0.851 bits per heavy atom. The van der Waals surface area contributed by atoms with Crippen molar-refractivity contribution in [2.45, 2.75) is 110 Å². The molecule has 6 rings (SSSR count). The van der Waals surface area contributed by atoms with E-state index < -0.39 is 6.09 Å². The fraction of sp³-hybridized carbons (Fsp3) is 0.615. The zero-order chi connectivity index (χ0) is 33.1. The maximum Gasteiger partial charge on any atom is 0.407 e. The van der Waals surface area contributed by atoms with Crippen LogP contribution in [0.1, 0.15) is 97.8 Å². The molecule has 4 atom stereocenters. The number of fused-ring (bicyclic) bond motifs is 2. The summed E-state index contributed by atoms with van der Waals surface area (Å²) in [6, 6.07) is -0.268. The van der Waals surface area contributed by atoms with Crippen LogP contribution in [0.2, 0.25) is 0 Å². The van der Waals surface area contributed by atoms with Crippen molar-refractivity contribution >= 4 is 17.9 Å². The van der Waals surface area contributed by atoms with E-state index in [1.165, 1.54) is 62.4 Å². The largest absolute Gasteiger partial charge is 0.453 e. The molecule has 3 N–H and O–H groups in total. The van der Waals surface area contributed by atoms with Crippen LogP contribution >= 0.6 is 0 Å². The smallest absolute Gasteiger partial charge is 0.407 e. The van der Waals surface area contributed by atoms with E-state index >= 15 is 0 Å². The summed E-state index contributed by atoms with van der Waals surface area (Å²) in [4.78, 5) is 39.2. The Kier molecular flexibility index (Phi) is 10.3. The molecule has 1 aliphatic heterocycles. The Hall–Kier alpha value is -3.39. The molecule has 0 bridgehead atoms. The van der Waals surface area contributed by atoms with E-state index in [-0.39, 0.29) is 29.8 Å². The van der Waals surface area contributed by atoms with Gasteiger partial charge in [0.1, 0.15) is 0 Å². The van der Waals surface area contributed by atoms with Crippen LogP contribution in [0, 0.1) is 23.2 Å². The van der Waals surface area contributed by atoms with Gasteiger partial charge in [0, 0.05) is 30.9 Å². The minimum atomic E-state index is -0.429. The van der Waals surface area contributed by atoms with E-state index in [1.807, 2.05) is 0 Å². The zero-order valence-corrected chi connectivity index (χ0v) is 28.8. The number of ether oxygens (including phenoxy) is 1. The highest BCUT2D eigenvalue weighted by atomic mass is 16.5. The van der Waals surface area contributed by atoms with Gasteiger partial charge in [0.25, 0.3) is 0 Å². The highest BCUT2D eigenvalue weighted by Gasteiger charge is 2.53. The highest BCUT2D eigenvalue weighted by molar-refractivity contribution is 5.83. The Morgan fingerprint density at radius 3 is 2.13 bits per heavy atom. The topological polar surface area (TPSA) is 99.8 Å². The van der Waals surface area contributed by atoms with Crippen LogP contribution in [0.15, 0.2) is 70.1 Å². The summed E-state index contributed by atoms with van der Waals surface area (Å²) < 4.78 is 4.83. The third-order valence-corrected chi connectivity index (χ3v) is 11.8. The lowest BCUT2D eigenvalue weighted by atomic mass is 9.64. The fourth-order valence-electron chi connectivity index (χ4n) is 9.43. The summed E-state index contributed by atoms with van der Waals surface area (Å²) in [7, 11) is 1.38. The van der Waals surface area contributed by atoms with Crippen LogP contribution in [0.25, 0.3) is 0 Å². The van der Waals surface area contributed by atoms with Crippen LogP contribution in [0.3, 0.4) is 0 Å². The molecule has 3 fully saturated rings. The summed E-state index contributed by atoms with van der Waals surface area (Å²) in [5, 5.41) is 9.21. The van der Waals surface area contributed by atoms with Crippen molar-refractivity contribution in [2.24, 2.45) is 23.2 Å². The number of carbonyl (C=O) groups excluding carboxylic acids is 3. The van der Waals surface area contributed by atoms with Gasteiger partial charge in [-0.1, -0.05) is 51.0 Å². The van der Waals surface area contributed by atoms with Gasteiger partial charge in [0.2, 0.25) is 11.8 Å². The van der Waals surface area contributed by atoms with Crippen molar-refractivity contribution in [3.8, 4) is 0 Å². The third kappa shape index (κ3) is 7.23. The first-order chi connectivity index (χ1) is 22.7. The standard InChI is InChI=1S/C39H54N4O4/c1-25(2)34(42-38(46)47-4)24-43-23-7-8-35(43)37(45)41-30-15-9-27(10-16-30)31-17-18-32(28-11-13-29(14-12-28)40-26(3)44)36-33(31)19-22-39(36)20-5-6-21-39/h9,11,13,15,17-18,25,33-36H,5-8,10,12,14,16,19-24H2,1-4H3,(H,40,44)(H,41,45)(H,42,46). The number of nitrogens with one attached hydrogen (secondary N) is 3. The number of allylic oxidation sites excluding steroid dienone is 12. The van der Waals surface area contributed by atoms with E-state index in [0.29, 0.717) is 23.8 Å². The molecule has 0 aromatic heterocycles. The molecule has 3 amide bonds. The normalized spacial score (nSPS) is 27.6. The van der Waals surface area contributed by atoms with Gasteiger partial charge in [0.15, 0.2) is 0 Å². The molecule has 1 spiro atoms. The first-order valence-corrected chi connectivity index (χ1v) is 18.1. The van der Waals surface area contributed by atoms with Crippen molar-refractivity contribution < 1.29 is 19.1 Å². The van der Waals surface area contributed by atoms with Crippen molar-refractivity contribution in [1.82, 2.24) is 20.9 Å². The molecular weight excluding hydrogens is 588 g/mol. The molecule has 4 unspecified atom stereocenters. The maximum absolute atomic E-state index is 13.5. The molecule has 0 radical (unpaired) electrons. The summed E-state index contributed by atoms with van der Waals surface area (Å²) in [5.74, 6) is 1.40. The fourth-order valence-corrected chi connectivity index (χ4v) is 9.43. The summed E-state index contributed by atoms with van der Waals surface area (Å²) in [6.45, 7) is 7.22. The molecule has 8 nitrogen and oxygen atoms in total. The molecule has 6 aliphatic rings. The Bertz CT molecular complexity index is 1440. The summed E-state index contributed by atoms with van der Waals surface area (Å²) >= 11 is 0. The second-order valence-electron chi connectivity index (χ2n) is 15.0. The van der Waals surface area contributed by atoms with Crippen LogP contribution in [-0.2, 0) is 14.3 Å². The lowest BCUT2D eigenvalue weighted by molar-refractivity contribution is -0.125. The van der Waals surface area contributed by atoms with Gasteiger partial charge >= 0.3 is 6.09 Å².